The molecule has 2 rings (SSSR count). The summed E-state index contributed by atoms with van der Waals surface area (Å²) in [5, 5.41) is 0. The third-order valence-corrected chi connectivity index (χ3v) is 3.39. The predicted molar refractivity (Wildman–Crippen MR) is 71.7 cm³/mol. The number of nitrogens with two attached hydrogens (primary N) is 1. The van der Waals surface area contributed by atoms with Crippen LogP contribution in [0.2, 0.25) is 0 Å². The maximum Gasteiger partial charge on any atom is 0.0602 e. The highest BCUT2D eigenvalue weighted by molar-refractivity contribution is 5.20. The van der Waals surface area contributed by atoms with E-state index < -0.39 is 0 Å². The number of hydrogen-bond acceptors (Lipinski definition) is 2. The molecule has 0 unspecified atom stereocenters. The normalized spacial score (nSPS) is 17.5. The van der Waals surface area contributed by atoms with Gasteiger partial charge in [0, 0.05) is 0 Å². The fraction of sp³-hybridized carbons (Fsp3) is 0.467. The summed E-state index contributed by atoms with van der Waals surface area (Å²) in [6.07, 6.45) is 2.49. The van der Waals surface area contributed by atoms with E-state index in [4.69, 9.17) is 5.73 Å². The van der Waals surface area contributed by atoms with Crippen LogP contribution in [0.5, 0.6) is 0 Å². The third kappa shape index (κ3) is 3.59. The smallest absolute Gasteiger partial charge is 0.0602 e. The Kier molecular flexibility index (Phi) is 4.61. The highest BCUT2D eigenvalue weighted by Gasteiger charge is 2.19. The summed E-state index contributed by atoms with van der Waals surface area (Å²) in [5.41, 5.74) is 6.84. The first kappa shape index (κ1) is 12.2. The van der Waals surface area contributed by atoms with Gasteiger partial charge in [0.15, 0.2) is 0 Å². The second kappa shape index (κ2) is 6.44. The van der Waals surface area contributed by atoms with Crippen molar-refractivity contribution in [1.82, 2.24) is 4.90 Å². The van der Waals surface area contributed by atoms with Crippen molar-refractivity contribution in [3.8, 4) is 11.8 Å². The predicted octanol–water partition coefficient (Wildman–Crippen LogP) is 1.83. The topological polar surface area (TPSA) is 29.3 Å². The van der Waals surface area contributed by atoms with E-state index >= 15 is 0 Å². The average Bonchev–Trinajstić information content (AvgIpc) is 2.41. The van der Waals surface area contributed by atoms with Gasteiger partial charge >= 0.3 is 0 Å². The number of piperidine rings is 1. The van der Waals surface area contributed by atoms with Crippen LogP contribution in [0, 0.1) is 11.8 Å². The van der Waals surface area contributed by atoms with E-state index in [0.29, 0.717) is 6.54 Å². The Balaban J connectivity index is 1.82. The van der Waals surface area contributed by atoms with Gasteiger partial charge in [0.25, 0.3) is 0 Å². The maximum absolute atomic E-state index is 5.35. The number of likely N-dealkylation sites (tertiary alicyclic amines) is 1. The molecule has 0 bridgehead atoms. The first-order chi connectivity index (χ1) is 8.40. The van der Waals surface area contributed by atoms with E-state index in [1.54, 1.807) is 0 Å². The standard InChI is InChI=1S/C15H20N2/c16-10-4-5-11-17-12-8-15(9-13-17)14-6-2-1-3-7-14/h1-3,6-7,15H,8-13,16H2. The van der Waals surface area contributed by atoms with Gasteiger partial charge in [-0.15, -0.1) is 0 Å². The number of hydrogen-bond donors (Lipinski definition) is 1. The van der Waals surface area contributed by atoms with Crippen molar-refractivity contribution in [3.05, 3.63) is 35.9 Å². The van der Waals surface area contributed by atoms with Crippen LogP contribution < -0.4 is 5.73 Å². The minimum Gasteiger partial charge on any atom is -0.320 e. The fourth-order valence-corrected chi connectivity index (χ4v) is 2.39. The molecule has 1 aliphatic rings. The van der Waals surface area contributed by atoms with Crippen LogP contribution in [0.3, 0.4) is 0 Å². The molecule has 0 aromatic heterocycles. The monoisotopic (exact) mass is 228 g/mol. The van der Waals surface area contributed by atoms with E-state index in [0.717, 1.165) is 25.6 Å². The quantitative estimate of drug-likeness (QED) is 0.782. The highest BCUT2D eigenvalue weighted by Crippen LogP contribution is 2.27. The molecule has 2 heteroatoms. The van der Waals surface area contributed by atoms with Crippen LogP contribution in [-0.2, 0) is 0 Å². The molecule has 0 saturated carbocycles. The Bertz CT molecular complexity index is 380. The van der Waals surface area contributed by atoms with Gasteiger partial charge in [-0.25, -0.2) is 0 Å². The van der Waals surface area contributed by atoms with Gasteiger partial charge in [-0.2, -0.15) is 0 Å². The molecule has 1 fully saturated rings. The van der Waals surface area contributed by atoms with Crippen molar-refractivity contribution in [3.63, 3.8) is 0 Å². The summed E-state index contributed by atoms with van der Waals surface area (Å²) in [5.74, 6) is 6.77. The van der Waals surface area contributed by atoms with E-state index in [1.807, 2.05) is 0 Å². The Hall–Kier alpha value is -1.30. The largest absolute Gasteiger partial charge is 0.320 e. The van der Waals surface area contributed by atoms with Crippen molar-refractivity contribution in [2.75, 3.05) is 26.2 Å². The summed E-state index contributed by atoms with van der Waals surface area (Å²) < 4.78 is 0. The second-order valence-electron chi connectivity index (χ2n) is 4.52. The van der Waals surface area contributed by atoms with Crippen molar-refractivity contribution < 1.29 is 0 Å². The van der Waals surface area contributed by atoms with Crippen molar-refractivity contribution in [1.29, 1.82) is 0 Å². The van der Waals surface area contributed by atoms with Crippen LogP contribution >= 0.6 is 0 Å². The molecule has 1 heterocycles. The molecule has 0 spiro atoms. The molecule has 0 radical (unpaired) electrons. The fourth-order valence-electron chi connectivity index (χ4n) is 2.39. The summed E-state index contributed by atoms with van der Waals surface area (Å²) in [7, 11) is 0. The molecule has 1 aromatic rings. The van der Waals surface area contributed by atoms with Gasteiger partial charge in [-0.1, -0.05) is 42.2 Å². The lowest BCUT2D eigenvalue weighted by molar-refractivity contribution is 0.235. The summed E-state index contributed by atoms with van der Waals surface area (Å²) in [6.45, 7) is 3.65. The zero-order chi connectivity index (χ0) is 11.9. The van der Waals surface area contributed by atoms with Gasteiger partial charge in [-0.3, -0.25) is 4.90 Å². The lowest BCUT2D eigenvalue weighted by Gasteiger charge is -2.30. The molecule has 2 N–H and O–H groups in total. The molecule has 0 aliphatic carbocycles. The number of benzene rings is 1. The van der Waals surface area contributed by atoms with Crippen molar-refractivity contribution in [2.24, 2.45) is 5.73 Å². The van der Waals surface area contributed by atoms with E-state index in [2.05, 4.69) is 47.1 Å². The Morgan fingerprint density at radius 3 is 2.47 bits per heavy atom. The first-order valence-electron chi connectivity index (χ1n) is 6.33. The zero-order valence-corrected chi connectivity index (χ0v) is 10.2. The van der Waals surface area contributed by atoms with Crippen LogP contribution in [0.15, 0.2) is 30.3 Å². The SMILES string of the molecule is NCC#CCN1CCC(c2ccccc2)CC1. The molecule has 1 saturated heterocycles. The van der Waals surface area contributed by atoms with Crippen LogP contribution in [0.4, 0.5) is 0 Å². The lowest BCUT2D eigenvalue weighted by Crippen LogP contribution is -2.33. The van der Waals surface area contributed by atoms with Crippen LogP contribution in [0.1, 0.15) is 24.3 Å². The van der Waals surface area contributed by atoms with Gasteiger partial charge in [0.05, 0.1) is 13.1 Å². The molecule has 0 amide bonds. The van der Waals surface area contributed by atoms with Gasteiger partial charge in [-0.05, 0) is 37.4 Å². The molecule has 1 aliphatic heterocycles. The van der Waals surface area contributed by atoms with E-state index in [-0.39, 0.29) is 0 Å². The molecular formula is C15H20N2. The Labute approximate surface area is 104 Å². The molecule has 1 aromatic carbocycles. The molecular weight excluding hydrogens is 208 g/mol. The highest BCUT2D eigenvalue weighted by atomic mass is 15.1. The summed E-state index contributed by atoms with van der Waals surface area (Å²) >= 11 is 0. The summed E-state index contributed by atoms with van der Waals surface area (Å²) in [4.78, 5) is 2.42. The second-order valence-corrected chi connectivity index (χ2v) is 4.52. The lowest BCUT2D eigenvalue weighted by atomic mass is 9.89. The maximum atomic E-state index is 5.35. The Morgan fingerprint density at radius 2 is 1.82 bits per heavy atom. The van der Waals surface area contributed by atoms with Crippen LogP contribution in [0.25, 0.3) is 0 Å². The average molecular weight is 228 g/mol. The Morgan fingerprint density at radius 1 is 1.12 bits per heavy atom. The molecule has 0 atom stereocenters. The van der Waals surface area contributed by atoms with E-state index in [9.17, 15) is 0 Å². The van der Waals surface area contributed by atoms with Gasteiger partial charge < -0.3 is 5.73 Å². The number of nitrogens with zero attached hydrogens (tertiary/aromatic N) is 1. The molecule has 90 valence electrons. The number of rotatable bonds is 2. The summed E-state index contributed by atoms with van der Waals surface area (Å²) in [6, 6.07) is 10.8. The minimum atomic E-state index is 0.473. The zero-order valence-electron chi connectivity index (χ0n) is 10.2. The van der Waals surface area contributed by atoms with E-state index in [1.165, 1.54) is 18.4 Å². The van der Waals surface area contributed by atoms with Crippen molar-refractivity contribution in [2.45, 2.75) is 18.8 Å². The minimum absolute atomic E-state index is 0.473. The third-order valence-electron chi connectivity index (χ3n) is 3.39. The van der Waals surface area contributed by atoms with Crippen LogP contribution in [-0.4, -0.2) is 31.1 Å². The van der Waals surface area contributed by atoms with Gasteiger partial charge in [0.1, 0.15) is 0 Å². The van der Waals surface area contributed by atoms with Gasteiger partial charge in [0.2, 0.25) is 0 Å². The van der Waals surface area contributed by atoms with Crippen molar-refractivity contribution >= 4 is 0 Å². The molecule has 2 nitrogen and oxygen atoms in total. The molecule has 17 heavy (non-hydrogen) atoms. The first-order valence-corrected chi connectivity index (χ1v) is 6.33.